The van der Waals surface area contributed by atoms with Gasteiger partial charge in [-0.2, -0.15) is 26.3 Å². The molecule has 0 amide bonds. The van der Waals surface area contributed by atoms with E-state index < -0.39 is 43.4 Å². The Balaban J connectivity index is 4.42. The molecule has 0 heterocycles. The smallest absolute Gasteiger partial charge is 0.309 e. The van der Waals surface area contributed by atoms with Crippen LogP contribution in [0.15, 0.2) is 11.6 Å². The van der Waals surface area contributed by atoms with Gasteiger partial charge >= 0.3 is 12.4 Å². The number of allylic oxidation sites excluding steroid dienone is 2. The van der Waals surface area contributed by atoms with Gasteiger partial charge in [0.25, 0.3) is 6.43 Å². The summed E-state index contributed by atoms with van der Waals surface area (Å²) in [6, 6.07) is -0.604. The summed E-state index contributed by atoms with van der Waals surface area (Å²) >= 11 is 0. The molecule has 0 radical (unpaired) electrons. The highest BCUT2D eigenvalue weighted by Crippen LogP contribution is 2.38. The van der Waals surface area contributed by atoms with Crippen molar-refractivity contribution in [1.82, 2.24) is 5.32 Å². The average molecular weight is 299 g/mol. The van der Waals surface area contributed by atoms with Crippen molar-refractivity contribution in [3.8, 4) is 0 Å². The fourth-order valence-electron chi connectivity index (χ4n) is 1.26. The summed E-state index contributed by atoms with van der Waals surface area (Å²) in [6.07, 6.45) is -14.1. The lowest BCUT2D eigenvalue weighted by Gasteiger charge is -2.16. The maximum absolute atomic E-state index is 12.1. The van der Waals surface area contributed by atoms with Gasteiger partial charge in [0.05, 0.1) is 6.54 Å². The molecule has 0 aliphatic heterocycles. The lowest BCUT2D eigenvalue weighted by molar-refractivity contribution is -0.172. The summed E-state index contributed by atoms with van der Waals surface area (Å²) in [5.41, 5.74) is -2.57. The predicted molar refractivity (Wildman–Crippen MR) is 52.9 cm³/mol. The molecule has 0 saturated heterocycles. The molecule has 0 rings (SSSR count). The Bertz CT molecular complexity index is 275. The lowest BCUT2D eigenvalue weighted by Crippen LogP contribution is -2.30. The minimum Gasteiger partial charge on any atom is -0.309 e. The summed E-state index contributed by atoms with van der Waals surface area (Å²) in [5, 5.41) is 2.29. The summed E-state index contributed by atoms with van der Waals surface area (Å²) in [6.45, 7) is 0.743. The van der Waals surface area contributed by atoms with Crippen LogP contribution in [0.25, 0.3) is 0 Å². The summed E-state index contributed by atoms with van der Waals surface area (Å²) in [7, 11) is 0. The molecule has 0 saturated carbocycles. The van der Waals surface area contributed by atoms with Gasteiger partial charge in [-0.15, -0.1) is 0 Å². The minimum atomic E-state index is -5.47. The van der Waals surface area contributed by atoms with Gasteiger partial charge in [0.2, 0.25) is 0 Å². The molecular formula is C10H13F8N. The van der Waals surface area contributed by atoms with Gasteiger partial charge in [0.1, 0.15) is 5.57 Å². The molecule has 0 bridgehead atoms. The molecule has 114 valence electrons. The molecule has 0 aliphatic carbocycles. The molecule has 0 aromatic rings. The van der Waals surface area contributed by atoms with E-state index in [1.54, 1.807) is 0 Å². The third kappa shape index (κ3) is 8.02. The van der Waals surface area contributed by atoms with Crippen LogP contribution < -0.4 is 5.32 Å². The first kappa shape index (κ1) is 18.1. The molecule has 1 unspecified atom stereocenters. The summed E-state index contributed by atoms with van der Waals surface area (Å²) < 4.78 is 96.1. The number of halogens is 8. The van der Waals surface area contributed by atoms with Crippen LogP contribution >= 0.6 is 0 Å². The van der Waals surface area contributed by atoms with Crippen LogP contribution in [0, 0.1) is 0 Å². The second-order valence-corrected chi connectivity index (χ2v) is 3.89. The SMILES string of the molecule is CC(CCC=C(C(F)(F)F)C(F)(F)F)NCC(F)F. The van der Waals surface area contributed by atoms with Gasteiger partial charge in [-0.25, -0.2) is 8.78 Å². The molecule has 0 aromatic heterocycles. The van der Waals surface area contributed by atoms with E-state index in [2.05, 4.69) is 5.32 Å². The first-order chi connectivity index (χ1) is 8.44. The van der Waals surface area contributed by atoms with Crippen LogP contribution in [-0.4, -0.2) is 31.4 Å². The maximum Gasteiger partial charge on any atom is 0.420 e. The van der Waals surface area contributed by atoms with E-state index >= 15 is 0 Å². The quantitative estimate of drug-likeness (QED) is 0.576. The zero-order valence-electron chi connectivity index (χ0n) is 9.88. The Kier molecular flexibility index (Phi) is 6.74. The van der Waals surface area contributed by atoms with Crippen molar-refractivity contribution in [3.63, 3.8) is 0 Å². The Morgan fingerprint density at radius 1 is 1.05 bits per heavy atom. The molecule has 0 fully saturated rings. The zero-order chi connectivity index (χ0) is 15.3. The number of alkyl halides is 8. The molecule has 0 aliphatic rings. The van der Waals surface area contributed by atoms with E-state index in [4.69, 9.17) is 0 Å². The lowest BCUT2D eigenvalue weighted by atomic mass is 10.1. The normalized spacial score (nSPS) is 14.6. The zero-order valence-corrected chi connectivity index (χ0v) is 9.88. The van der Waals surface area contributed by atoms with Gasteiger partial charge in [-0.3, -0.25) is 0 Å². The number of hydrogen-bond acceptors (Lipinski definition) is 1. The summed E-state index contributed by atoms with van der Waals surface area (Å²) in [5.74, 6) is 0. The van der Waals surface area contributed by atoms with Crippen LogP contribution in [0.5, 0.6) is 0 Å². The highest BCUT2D eigenvalue weighted by Gasteiger charge is 2.50. The minimum absolute atomic E-state index is 0.0422. The average Bonchev–Trinajstić information content (AvgIpc) is 2.17. The van der Waals surface area contributed by atoms with E-state index in [-0.39, 0.29) is 12.5 Å². The standard InChI is InChI=1S/C10H13F8N/c1-6(19-5-8(11)12)3-2-4-7(9(13,14)15)10(16,17)18/h4,6,8,19H,2-3,5H2,1H3. The Morgan fingerprint density at radius 2 is 1.53 bits per heavy atom. The van der Waals surface area contributed by atoms with E-state index in [1.807, 2.05) is 0 Å². The molecular weight excluding hydrogens is 286 g/mol. The fourth-order valence-corrected chi connectivity index (χ4v) is 1.26. The first-order valence-corrected chi connectivity index (χ1v) is 5.30. The molecule has 1 nitrogen and oxygen atoms in total. The van der Waals surface area contributed by atoms with E-state index in [0.29, 0.717) is 0 Å². The second kappa shape index (κ2) is 7.06. The van der Waals surface area contributed by atoms with Gasteiger partial charge in [-0.05, 0) is 19.8 Å². The van der Waals surface area contributed by atoms with Gasteiger partial charge in [0.15, 0.2) is 0 Å². The molecule has 0 aromatic carbocycles. The summed E-state index contributed by atoms with van der Waals surface area (Å²) in [4.78, 5) is 0. The predicted octanol–water partition coefficient (Wildman–Crippen LogP) is 4.06. The van der Waals surface area contributed by atoms with Crippen molar-refractivity contribution in [3.05, 3.63) is 11.6 Å². The second-order valence-electron chi connectivity index (χ2n) is 3.89. The van der Waals surface area contributed by atoms with Crippen molar-refractivity contribution in [2.75, 3.05) is 6.54 Å². The van der Waals surface area contributed by atoms with Crippen molar-refractivity contribution < 1.29 is 35.1 Å². The molecule has 0 spiro atoms. The van der Waals surface area contributed by atoms with Crippen molar-refractivity contribution in [2.45, 2.75) is 44.6 Å². The Hall–Kier alpha value is -0.860. The molecule has 19 heavy (non-hydrogen) atoms. The first-order valence-electron chi connectivity index (χ1n) is 5.30. The monoisotopic (exact) mass is 299 g/mol. The Labute approximate surface area is 104 Å². The van der Waals surface area contributed by atoms with Crippen LogP contribution in [0.2, 0.25) is 0 Å². The van der Waals surface area contributed by atoms with Crippen molar-refractivity contribution >= 4 is 0 Å². The molecule has 1 atom stereocenters. The highest BCUT2D eigenvalue weighted by atomic mass is 19.4. The van der Waals surface area contributed by atoms with E-state index in [1.165, 1.54) is 6.92 Å². The van der Waals surface area contributed by atoms with Crippen LogP contribution in [-0.2, 0) is 0 Å². The van der Waals surface area contributed by atoms with Crippen molar-refractivity contribution in [2.24, 2.45) is 0 Å². The van der Waals surface area contributed by atoms with Crippen LogP contribution in [0.1, 0.15) is 19.8 Å². The highest BCUT2D eigenvalue weighted by molar-refractivity contribution is 5.15. The maximum atomic E-state index is 12.1. The molecule has 1 N–H and O–H groups in total. The van der Waals surface area contributed by atoms with E-state index in [0.717, 1.165) is 0 Å². The molecule has 9 heteroatoms. The van der Waals surface area contributed by atoms with Gasteiger partial charge in [-0.1, -0.05) is 6.08 Å². The van der Waals surface area contributed by atoms with Gasteiger partial charge < -0.3 is 5.32 Å². The number of hydrogen-bond donors (Lipinski definition) is 1. The topological polar surface area (TPSA) is 12.0 Å². The third-order valence-corrected chi connectivity index (χ3v) is 2.18. The van der Waals surface area contributed by atoms with E-state index in [9.17, 15) is 35.1 Å². The van der Waals surface area contributed by atoms with Crippen LogP contribution in [0.4, 0.5) is 35.1 Å². The Morgan fingerprint density at radius 3 is 1.89 bits per heavy atom. The van der Waals surface area contributed by atoms with Crippen LogP contribution in [0.3, 0.4) is 0 Å². The number of nitrogens with one attached hydrogen (secondary N) is 1. The fraction of sp³-hybridized carbons (Fsp3) is 0.800. The van der Waals surface area contributed by atoms with Crippen molar-refractivity contribution in [1.29, 1.82) is 0 Å². The number of rotatable bonds is 6. The third-order valence-electron chi connectivity index (χ3n) is 2.18. The largest absolute Gasteiger partial charge is 0.420 e. The van der Waals surface area contributed by atoms with Gasteiger partial charge in [0, 0.05) is 6.04 Å².